The molecule has 0 radical (unpaired) electrons. The Morgan fingerprint density at radius 2 is 0.629 bits per heavy atom. The average molecular weight is 1460 g/mol. The fraction of sp³-hybridized carbons (Fsp3) is 0.922. The minimum absolute atomic E-state index is 0.165. The monoisotopic (exact) mass is 1460 g/mol. The third-order valence-corrected chi connectivity index (χ3v) is 38.2. The van der Waals surface area contributed by atoms with Crippen molar-refractivity contribution < 1.29 is 0 Å². The Kier molecular flexibility index (Phi) is 30.8. The van der Waals surface area contributed by atoms with Crippen LogP contribution < -0.4 is 4.90 Å². The van der Waals surface area contributed by atoms with Gasteiger partial charge in [-0.25, -0.2) is 0 Å². The molecule has 1 aromatic rings. The maximum atomic E-state index is 3.11. The van der Waals surface area contributed by atoms with E-state index in [-0.39, 0.29) is 11.1 Å². The standard InChI is InChI=1S/C30H50N2Si.3C19H32.3C5H12/c1-20-21(2)23(4)28(22(20)3)33(10,11)32(29(6,7)8)30(9)17-25-18-31(19-27(25)24(30)5)26-15-13-12-14-16-26;3*1-3-7-18-14(5-1)9-11-16(18)13-17-12-10-15-6-2-4-8-19(15)17;3*1-5(2,3)4/h12-16,20-23,25,28H,17-19H2,1-11H3;3*14-19H,1-13H2;3*1-4H3. The lowest BCUT2D eigenvalue weighted by Crippen LogP contribution is -2.69. The normalized spacial score (nSPS) is 40.6. The first kappa shape index (κ1) is 86.3. The second-order valence-corrected chi connectivity index (χ2v) is 52.1. The second kappa shape index (κ2) is 37.5. The van der Waals surface area contributed by atoms with Crippen LogP contribution in [0.25, 0.3) is 0 Å². The predicted molar refractivity (Wildman–Crippen MR) is 466 cm³/mol. The number of fused-ring (bicyclic) bond motifs is 7. The van der Waals surface area contributed by atoms with E-state index in [4.69, 9.17) is 0 Å². The Morgan fingerprint density at radius 1 is 0.371 bits per heavy atom. The third kappa shape index (κ3) is 22.9. The maximum Gasteiger partial charge on any atom is 0.127 e. The average Bonchev–Trinajstić information content (AvgIpc) is 1.57. The fourth-order valence-corrected chi connectivity index (χ4v) is 36.0. The molecule has 105 heavy (non-hydrogen) atoms. The van der Waals surface area contributed by atoms with Crippen molar-refractivity contribution in [1.82, 2.24) is 4.57 Å². The highest BCUT2D eigenvalue weighted by molar-refractivity contribution is 6.76. The van der Waals surface area contributed by atoms with E-state index in [2.05, 4.69) is 198 Å². The third-order valence-electron chi connectivity index (χ3n) is 33.2. The topological polar surface area (TPSA) is 6.48 Å². The van der Waals surface area contributed by atoms with Gasteiger partial charge in [0.05, 0.1) is 0 Å². The SMILES string of the molecule is C1CCC2C(C1)CCC2CC1CCC2CCCCC21.C1CCC2C(C1)CCC2CC1CCC2CCCCC21.C1CCC2C(C1)CCC2CC1CCC2CCCCC21.CC(C)(C)C.CC(C)(C)C.CC(C)(C)C.CC1=C2CN(c3ccccc3)CC2CC1(C)N(C(C)(C)C)[Si](C)(C)C1C(C)C(C)C(C)C1C. The van der Waals surface area contributed by atoms with Gasteiger partial charge < -0.3 is 9.47 Å². The molecule has 15 aliphatic rings. The highest BCUT2D eigenvalue weighted by atomic mass is 28.3. The molecular weight excluding hydrogens is 1280 g/mol. The van der Waals surface area contributed by atoms with Gasteiger partial charge in [0, 0.05) is 35.8 Å². The van der Waals surface area contributed by atoms with Gasteiger partial charge >= 0.3 is 0 Å². The van der Waals surface area contributed by atoms with E-state index >= 15 is 0 Å². The highest BCUT2D eigenvalue weighted by Gasteiger charge is 2.60. The molecule has 13 saturated carbocycles. The second-order valence-electron chi connectivity index (χ2n) is 47.6. The van der Waals surface area contributed by atoms with Crippen LogP contribution in [0.3, 0.4) is 0 Å². The molecule has 0 aromatic heterocycles. The lowest BCUT2D eigenvalue weighted by atomic mass is 9.72. The van der Waals surface area contributed by atoms with Gasteiger partial charge in [-0.15, -0.1) is 0 Å². The van der Waals surface area contributed by atoms with Crippen molar-refractivity contribution in [3.05, 3.63) is 41.5 Å². The van der Waals surface area contributed by atoms with Gasteiger partial charge in [-0.1, -0.05) is 263 Å². The van der Waals surface area contributed by atoms with E-state index in [0.29, 0.717) is 22.2 Å². The van der Waals surface area contributed by atoms with Gasteiger partial charge in [0.25, 0.3) is 0 Å². The molecule has 0 N–H and O–H groups in total. The Morgan fingerprint density at radius 3 is 0.876 bits per heavy atom. The Labute approximate surface area is 658 Å². The molecule has 3 heteroatoms. The van der Waals surface area contributed by atoms with Crippen molar-refractivity contribution in [2.45, 2.75) is 432 Å². The van der Waals surface area contributed by atoms with Gasteiger partial charge in [0.2, 0.25) is 0 Å². The molecule has 0 amide bonds. The molecule has 604 valence electrons. The number of anilines is 1. The van der Waals surface area contributed by atoms with Crippen molar-refractivity contribution in [3.8, 4) is 0 Å². The summed E-state index contributed by atoms with van der Waals surface area (Å²) in [4.78, 5) is 2.61. The quantitative estimate of drug-likeness (QED) is 0.170. The molecule has 1 saturated heterocycles. The van der Waals surface area contributed by atoms with Crippen LogP contribution in [-0.4, -0.2) is 37.0 Å². The smallest absolute Gasteiger partial charge is 0.127 e. The summed E-state index contributed by atoms with van der Waals surface area (Å²) in [7, 11) is -1.77. The van der Waals surface area contributed by atoms with Crippen molar-refractivity contribution in [1.29, 1.82) is 0 Å². The fourth-order valence-electron chi connectivity index (χ4n) is 29.3. The van der Waals surface area contributed by atoms with E-state index in [0.717, 1.165) is 142 Å². The van der Waals surface area contributed by atoms with Gasteiger partial charge in [0.1, 0.15) is 8.24 Å². The Hall–Kier alpha value is -1.06. The summed E-state index contributed by atoms with van der Waals surface area (Å²) in [6.45, 7) is 56.7. The van der Waals surface area contributed by atoms with Crippen molar-refractivity contribution in [2.24, 2.45) is 152 Å². The molecule has 0 spiro atoms. The lowest BCUT2D eigenvalue weighted by molar-refractivity contribution is 0.112. The van der Waals surface area contributed by atoms with Crippen LogP contribution in [0, 0.1) is 152 Å². The zero-order valence-corrected chi connectivity index (χ0v) is 75.8. The molecule has 0 bridgehead atoms. The number of hydrogen-bond donors (Lipinski definition) is 0. The minimum atomic E-state index is -1.77. The highest BCUT2D eigenvalue weighted by Crippen LogP contribution is 2.61. The molecule has 1 aliphatic heterocycles. The Bertz CT molecular complexity index is 2450. The minimum Gasteiger partial charge on any atom is -0.367 e. The van der Waals surface area contributed by atoms with Crippen LogP contribution in [-0.2, 0) is 0 Å². The molecule has 1 aromatic carbocycles. The summed E-state index contributed by atoms with van der Waals surface area (Å²) in [5, 5.41) is 0. The van der Waals surface area contributed by atoms with Gasteiger partial charge in [-0.3, -0.25) is 0 Å². The van der Waals surface area contributed by atoms with Gasteiger partial charge in [-0.05, 0) is 346 Å². The number of rotatable bonds is 10. The molecule has 2 nitrogen and oxygen atoms in total. The van der Waals surface area contributed by atoms with Crippen LogP contribution in [0.5, 0.6) is 0 Å². The van der Waals surface area contributed by atoms with E-state index in [1.807, 2.05) is 0 Å². The van der Waals surface area contributed by atoms with Gasteiger partial charge in [0.15, 0.2) is 0 Å². The summed E-state index contributed by atoms with van der Waals surface area (Å²) in [5.74, 6) is 24.8. The number of hydrogen-bond acceptors (Lipinski definition) is 2. The maximum absolute atomic E-state index is 3.11. The molecular formula is C102H182N2Si. The van der Waals surface area contributed by atoms with E-state index in [1.165, 1.54) is 18.7 Å². The summed E-state index contributed by atoms with van der Waals surface area (Å²) in [5.41, 5.74) is 7.48. The van der Waals surface area contributed by atoms with Crippen LogP contribution in [0.4, 0.5) is 5.69 Å². The molecule has 14 aliphatic carbocycles. The van der Waals surface area contributed by atoms with Crippen LogP contribution >= 0.6 is 0 Å². The molecule has 24 unspecified atom stereocenters. The van der Waals surface area contributed by atoms with Crippen LogP contribution in [0.2, 0.25) is 18.6 Å². The molecule has 1 heterocycles. The largest absolute Gasteiger partial charge is 0.367 e. The first-order chi connectivity index (χ1) is 49.5. The van der Waals surface area contributed by atoms with Crippen LogP contribution in [0.1, 0.15) is 402 Å². The zero-order valence-electron chi connectivity index (χ0n) is 74.8. The first-order valence-corrected chi connectivity index (χ1v) is 50.8. The number of benzene rings is 1. The zero-order chi connectivity index (χ0) is 76.0. The van der Waals surface area contributed by atoms with Gasteiger partial charge in [-0.2, -0.15) is 0 Å². The van der Waals surface area contributed by atoms with Crippen molar-refractivity contribution in [2.75, 3.05) is 18.0 Å². The lowest BCUT2D eigenvalue weighted by Gasteiger charge is -2.59. The van der Waals surface area contributed by atoms with E-state index in [9.17, 15) is 0 Å². The number of nitrogens with zero attached hydrogens (tertiary/aromatic N) is 2. The summed E-state index contributed by atoms with van der Waals surface area (Å²) < 4.78 is 3.11. The van der Waals surface area contributed by atoms with E-state index < -0.39 is 8.24 Å². The van der Waals surface area contributed by atoms with E-state index in [1.54, 1.807) is 262 Å². The van der Waals surface area contributed by atoms with Crippen molar-refractivity contribution in [3.63, 3.8) is 0 Å². The van der Waals surface area contributed by atoms with Crippen molar-refractivity contribution >= 4 is 13.9 Å². The number of para-hydroxylation sites is 1. The first-order valence-electron chi connectivity index (χ1n) is 47.8. The molecule has 16 rings (SSSR count). The summed E-state index contributed by atoms with van der Waals surface area (Å²) in [6.07, 6.45) is 63.0. The van der Waals surface area contributed by atoms with Crippen LogP contribution in [0.15, 0.2) is 41.5 Å². The molecule has 14 fully saturated rings. The summed E-state index contributed by atoms with van der Waals surface area (Å²) in [6, 6.07) is 11.0. The molecule has 24 atom stereocenters. The Balaban J connectivity index is 0.000000144. The summed E-state index contributed by atoms with van der Waals surface area (Å²) >= 11 is 0. The predicted octanol–water partition coefficient (Wildman–Crippen LogP) is 31.4.